The van der Waals surface area contributed by atoms with E-state index in [2.05, 4.69) is 4.99 Å². The minimum absolute atomic E-state index is 0.0865. The Bertz CT molecular complexity index is 1340. The summed E-state index contributed by atoms with van der Waals surface area (Å²) in [6.07, 6.45) is 0. The lowest BCUT2D eigenvalue weighted by atomic mass is 10.2. The quantitative estimate of drug-likeness (QED) is 0.344. The second-order valence-corrected chi connectivity index (χ2v) is 8.29. The summed E-state index contributed by atoms with van der Waals surface area (Å²) in [5.41, 5.74) is 0.545. The molecule has 0 aliphatic carbocycles. The van der Waals surface area contributed by atoms with Gasteiger partial charge in [-0.05, 0) is 6.07 Å². The molecule has 0 radical (unpaired) electrons. The summed E-state index contributed by atoms with van der Waals surface area (Å²) in [5.74, 6) is -0.112. The van der Waals surface area contributed by atoms with E-state index in [0.717, 1.165) is 10.1 Å². The summed E-state index contributed by atoms with van der Waals surface area (Å²) >= 11 is 8.83. The molecule has 2 aromatic carbocycles. The zero-order chi connectivity index (χ0) is 20.0. The number of thiazole rings is 1. The predicted molar refractivity (Wildman–Crippen MR) is 111 cm³/mol. The van der Waals surface area contributed by atoms with Crippen LogP contribution in [0.4, 0.5) is 5.69 Å². The maximum atomic E-state index is 12.8. The number of thiophene rings is 1. The first-order valence-electron chi connectivity index (χ1n) is 7.98. The van der Waals surface area contributed by atoms with Crippen molar-refractivity contribution in [3.8, 4) is 5.75 Å². The molecule has 0 aliphatic heterocycles. The number of nitro groups is 1. The lowest BCUT2D eigenvalue weighted by Crippen LogP contribution is -2.13. The molecular formula is C18H12ClN3O4S2. The van der Waals surface area contributed by atoms with E-state index in [9.17, 15) is 14.9 Å². The number of carbonyl (C=O) groups is 1. The molecule has 0 saturated heterocycles. The number of rotatable bonds is 3. The Labute approximate surface area is 171 Å². The molecule has 0 aliphatic rings. The molecule has 2 heterocycles. The first-order chi connectivity index (χ1) is 13.4. The number of non-ortho nitro benzene ring substituents is 1. The largest absolute Gasteiger partial charge is 0.494 e. The maximum absolute atomic E-state index is 12.8. The van der Waals surface area contributed by atoms with E-state index in [1.54, 1.807) is 11.6 Å². The van der Waals surface area contributed by atoms with E-state index in [1.165, 1.54) is 41.9 Å². The monoisotopic (exact) mass is 433 g/mol. The highest BCUT2D eigenvalue weighted by atomic mass is 35.5. The van der Waals surface area contributed by atoms with Gasteiger partial charge in [-0.15, -0.1) is 11.3 Å². The molecule has 0 spiro atoms. The topological polar surface area (TPSA) is 86.7 Å². The zero-order valence-corrected chi connectivity index (χ0v) is 17.0. The number of ether oxygens (including phenoxy) is 1. The average molecular weight is 434 g/mol. The number of hydrogen-bond donors (Lipinski definition) is 0. The molecule has 4 aromatic rings. The molecule has 4 rings (SSSR count). The van der Waals surface area contributed by atoms with Gasteiger partial charge in [0.1, 0.15) is 10.4 Å². The molecule has 0 N–H and O–H groups in total. The van der Waals surface area contributed by atoms with E-state index in [4.69, 9.17) is 16.3 Å². The second-order valence-electron chi connectivity index (χ2n) is 5.85. The fourth-order valence-electron chi connectivity index (χ4n) is 2.89. The van der Waals surface area contributed by atoms with Crippen molar-refractivity contribution in [2.75, 3.05) is 7.11 Å². The molecular weight excluding hydrogens is 422 g/mol. The van der Waals surface area contributed by atoms with Crippen LogP contribution in [0, 0.1) is 10.1 Å². The van der Waals surface area contributed by atoms with Crippen molar-refractivity contribution in [2.45, 2.75) is 0 Å². The number of aromatic nitrogens is 1. The zero-order valence-electron chi connectivity index (χ0n) is 14.6. The molecule has 0 bridgehead atoms. The molecule has 7 nitrogen and oxygen atoms in total. The van der Waals surface area contributed by atoms with Crippen LogP contribution in [-0.4, -0.2) is 22.5 Å². The van der Waals surface area contributed by atoms with Crippen molar-refractivity contribution in [1.29, 1.82) is 0 Å². The van der Waals surface area contributed by atoms with Crippen LogP contribution in [0.15, 0.2) is 41.4 Å². The van der Waals surface area contributed by atoms with E-state index in [1.807, 2.05) is 24.3 Å². The van der Waals surface area contributed by atoms with Gasteiger partial charge in [-0.1, -0.05) is 41.1 Å². The number of amides is 1. The first kappa shape index (κ1) is 18.6. The standard InChI is InChI=1S/C18H12ClN3O4S2/c1-21-15-11(26-2)7-9(22(24)25)8-13(15)28-18(21)20-17(23)16-14(19)10-5-3-4-6-12(10)27-16/h3-8H,1-2H3. The average Bonchev–Trinajstić information content (AvgIpc) is 3.18. The normalized spacial score (nSPS) is 12.0. The SMILES string of the molecule is COc1cc([N+](=O)[O-])cc2sc(=NC(=O)c3sc4ccccc4c3Cl)n(C)c12. The van der Waals surface area contributed by atoms with Crippen molar-refractivity contribution in [2.24, 2.45) is 12.0 Å². The highest BCUT2D eigenvalue weighted by Gasteiger charge is 2.19. The third-order valence-corrected chi connectivity index (χ3v) is 6.95. The van der Waals surface area contributed by atoms with Crippen LogP contribution in [0.5, 0.6) is 5.75 Å². The van der Waals surface area contributed by atoms with Gasteiger partial charge in [0.25, 0.3) is 11.6 Å². The van der Waals surface area contributed by atoms with Gasteiger partial charge in [0, 0.05) is 23.2 Å². The van der Waals surface area contributed by atoms with E-state index >= 15 is 0 Å². The fourth-order valence-corrected chi connectivity index (χ4v) is 5.35. The third-order valence-electron chi connectivity index (χ3n) is 4.21. The van der Waals surface area contributed by atoms with Crippen LogP contribution >= 0.6 is 34.3 Å². The molecule has 1 amide bonds. The molecule has 10 heteroatoms. The number of aryl methyl sites for hydroxylation is 1. The third kappa shape index (κ3) is 2.97. The molecule has 0 fully saturated rings. The summed E-state index contributed by atoms with van der Waals surface area (Å²) in [7, 11) is 3.17. The summed E-state index contributed by atoms with van der Waals surface area (Å²) < 4.78 is 8.49. The van der Waals surface area contributed by atoms with E-state index in [-0.39, 0.29) is 5.69 Å². The van der Waals surface area contributed by atoms with E-state index < -0.39 is 10.8 Å². The Hall–Kier alpha value is -2.75. The molecule has 142 valence electrons. The van der Waals surface area contributed by atoms with Gasteiger partial charge < -0.3 is 9.30 Å². The van der Waals surface area contributed by atoms with Crippen LogP contribution < -0.4 is 9.54 Å². The van der Waals surface area contributed by atoms with Crippen molar-refractivity contribution < 1.29 is 14.5 Å². The minimum Gasteiger partial charge on any atom is -0.494 e. The fraction of sp³-hybridized carbons (Fsp3) is 0.111. The number of nitrogens with zero attached hydrogens (tertiary/aromatic N) is 3. The Morgan fingerprint density at radius 1 is 1.25 bits per heavy atom. The Morgan fingerprint density at radius 3 is 2.68 bits per heavy atom. The highest BCUT2D eigenvalue weighted by Crippen LogP contribution is 2.36. The number of hydrogen-bond acceptors (Lipinski definition) is 6. The maximum Gasteiger partial charge on any atom is 0.291 e. The number of methoxy groups -OCH3 is 1. The molecule has 28 heavy (non-hydrogen) atoms. The van der Waals surface area contributed by atoms with Gasteiger partial charge in [0.05, 0.1) is 27.8 Å². The summed E-state index contributed by atoms with van der Waals surface area (Å²) in [6.45, 7) is 0. The van der Waals surface area contributed by atoms with Crippen LogP contribution in [0.25, 0.3) is 20.3 Å². The Balaban J connectivity index is 1.89. The molecule has 0 unspecified atom stereocenters. The van der Waals surface area contributed by atoms with Gasteiger partial charge in [0.15, 0.2) is 10.6 Å². The smallest absolute Gasteiger partial charge is 0.291 e. The number of benzene rings is 2. The van der Waals surface area contributed by atoms with Crippen molar-refractivity contribution in [1.82, 2.24) is 4.57 Å². The second kappa shape index (κ2) is 7.01. The highest BCUT2D eigenvalue weighted by molar-refractivity contribution is 7.21. The summed E-state index contributed by atoms with van der Waals surface area (Å²) in [5, 5.41) is 12.3. The van der Waals surface area contributed by atoms with Crippen molar-refractivity contribution in [3.05, 3.63) is 61.2 Å². The number of fused-ring (bicyclic) bond motifs is 2. The minimum atomic E-state index is -0.485. The van der Waals surface area contributed by atoms with Gasteiger partial charge in [-0.2, -0.15) is 4.99 Å². The molecule has 2 aromatic heterocycles. The lowest BCUT2D eigenvalue weighted by Gasteiger charge is -2.03. The van der Waals surface area contributed by atoms with Crippen LogP contribution in [0.1, 0.15) is 9.67 Å². The van der Waals surface area contributed by atoms with Crippen molar-refractivity contribution in [3.63, 3.8) is 0 Å². The Morgan fingerprint density at radius 2 is 2.00 bits per heavy atom. The predicted octanol–water partition coefficient (Wildman–Crippen LogP) is 4.77. The molecule has 0 atom stereocenters. The Kier molecular flexibility index (Phi) is 4.66. The van der Waals surface area contributed by atoms with Gasteiger partial charge >= 0.3 is 0 Å². The van der Waals surface area contributed by atoms with Crippen LogP contribution in [0.2, 0.25) is 5.02 Å². The molecule has 0 saturated carbocycles. The number of carbonyl (C=O) groups excluding carboxylic acids is 1. The van der Waals surface area contributed by atoms with Crippen LogP contribution in [-0.2, 0) is 7.05 Å². The van der Waals surface area contributed by atoms with Gasteiger partial charge in [-0.25, -0.2) is 0 Å². The number of nitro benzene ring substituents is 1. The van der Waals surface area contributed by atoms with E-state index in [0.29, 0.717) is 30.7 Å². The van der Waals surface area contributed by atoms with Crippen LogP contribution in [0.3, 0.4) is 0 Å². The van der Waals surface area contributed by atoms with Crippen molar-refractivity contribution >= 4 is 66.2 Å². The summed E-state index contributed by atoms with van der Waals surface area (Å²) in [6, 6.07) is 10.3. The number of halogens is 1. The van der Waals surface area contributed by atoms with Gasteiger partial charge in [-0.3, -0.25) is 14.9 Å². The first-order valence-corrected chi connectivity index (χ1v) is 10.00. The summed E-state index contributed by atoms with van der Waals surface area (Å²) in [4.78, 5) is 28.4. The lowest BCUT2D eigenvalue weighted by molar-refractivity contribution is -0.384. The van der Waals surface area contributed by atoms with Gasteiger partial charge in [0.2, 0.25) is 0 Å².